The van der Waals surface area contributed by atoms with Crippen LogP contribution in [0.1, 0.15) is 30.3 Å². The summed E-state index contributed by atoms with van der Waals surface area (Å²) in [4.78, 5) is 10.2. The van der Waals surface area contributed by atoms with Crippen LogP contribution in [-0.4, -0.2) is 37.7 Å². The molecular formula is C13H12ClN5O4S. The number of rotatable bonds is 4. The van der Waals surface area contributed by atoms with Gasteiger partial charge < -0.3 is 9.84 Å². The molecule has 0 amide bonds. The number of nitro benzene ring substituents is 1. The number of nitrogens with one attached hydrogen (secondary N) is 1. The molecule has 3 rings (SSSR count). The van der Waals surface area contributed by atoms with Crippen LogP contribution in [0.4, 0.5) is 5.69 Å². The molecule has 0 saturated carbocycles. The molecular weight excluding hydrogens is 358 g/mol. The van der Waals surface area contributed by atoms with Crippen molar-refractivity contribution in [3.63, 3.8) is 0 Å². The van der Waals surface area contributed by atoms with E-state index in [-0.39, 0.29) is 21.5 Å². The monoisotopic (exact) mass is 369 g/mol. The van der Waals surface area contributed by atoms with Crippen LogP contribution in [0.25, 0.3) is 0 Å². The predicted molar refractivity (Wildman–Crippen MR) is 88.1 cm³/mol. The number of aromatic amines is 1. The predicted octanol–water partition coefficient (Wildman–Crippen LogP) is 2.94. The van der Waals surface area contributed by atoms with Gasteiger partial charge in [0.05, 0.1) is 11.1 Å². The van der Waals surface area contributed by atoms with Crippen molar-refractivity contribution >= 4 is 35.7 Å². The molecule has 1 atom stereocenters. The van der Waals surface area contributed by atoms with E-state index in [0.29, 0.717) is 12.4 Å². The molecule has 126 valence electrons. The Balaban J connectivity index is 1.99. The molecule has 1 aromatic carbocycles. The second-order valence-electron chi connectivity index (χ2n) is 5.06. The fraction of sp³-hybridized carbons (Fsp3) is 0.308. The number of nitro groups is 1. The molecule has 2 heterocycles. The van der Waals surface area contributed by atoms with Gasteiger partial charge in [-0.15, -0.1) is 0 Å². The van der Waals surface area contributed by atoms with Crippen LogP contribution < -0.4 is 0 Å². The summed E-state index contributed by atoms with van der Waals surface area (Å²) in [7, 11) is 0. The average molecular weight is 370 g/mol. The van der Waals surface area contributed by atoms with Crippen LogP contribution in [0, 0.1) is 14.9 Å². The van der Waals surface area contributed by atoms with Crippen molar-refractivity contribution < 1.29 is 14.8 Å². The molecule has 0 bridgehead atoms. The first-order chi connectivity index (χ1) is 11.5. The van der Waals surface area contributed by atoms with Crippen molar-refractivity contribution in [1.29, 1.82) is 0 Å². The number of H-pyrrole nitrogens is 1. The Morgan fingerprint density at radius 2 is 2.42 bits per heavy atom. The highest BCUT2D eigenvalue weighted by atomic mass is 35.5. The zero-order valence-corrected chi connectivity index (χ0v) is 13.8. The first-order valence-electron chi connectivity index (χ1n) is 6.97. The van der Waals surface area contributed by atoms with Crippen LogP contribution in [0.15, 0.2) is 17.2 Å². The molecule has 0 unspecified atom stereocenters. The maximum Gasteiger partial charge on any atom is 0.312 e. The summed E-state index contributed by atoms with van der Waals surface area (Å²) >= 11 is 11.0. The minimum atomic E-state index is -0.722. The number of ether oxygens (including phenoxy) is 1. The highest BCUT2D eigenvalue weighted by Gasteiger charge is 2.24. The van der Waals surface area contributed by atoms with Gasteiger partial charge in [0.1, 0.15) is 6.10 Å². The third kappa shape index (κ3) is 3.16. The summed E-state index contributed by atoms with van der Waals surface area (Å²) < 4.78 is 7.16. The van der Waals surface area contributed by atoms with E-state index in [4.69, 9.17) is 28.6 Å². The summed E-state index contributed by atoms with van der Waals surface area (Å²) in [5.74, 6) is -0.0217. The molecule has 0 spiro atoms. The lowest BCUT2D eigenvalue weighted by atomic mass is 10.2. The van der Waals surface area contributed by atoms with Crippen molar-refractivity contribution in [3.8, 4) is 5.75 Å². The van der Waals surface area contributed by atoms with Crippen molar-refractivity contribution in [1.82, 2.24) is 14.9 Å². The van der Waals surface area contributed by atoms with Gasteiger partial charge in [0.15, 0.2) is 5.82 Å². The van der Waals surface area contributed by atoms with Gasteiger partial charge in [0.25, 0.3) is 0 Å². The first-order valence-corrected chi connectivity index (χ1v) is 7.76. The second-order valence-corrected chi connectivity index (χ2v) is 5.89. The number of phenols is 1. The maximum absolute atomic E-state index is 10.9. The Kier molecular flexibility index (Phi) is 4.60. The Labute approximate surface area is 145 Å². The number of hydrogen-bond donors (Lipinski definition) is 2. The third-order valence-electron chi connectivity index (χ3n) is 3.49. The molecule has 1 aromatic heterocycles. The summed E-state index contributed by atoms with van der Waals surface area (Å²) in [5, 5.41) is 31.9. The Morgan fingerprint density at radius 3 is 3.08 bits per heavy atom. The topological polar surface area (TPSA) is 119 Å². The smallest absolute Gasteiger partial charge is 0.312 e. The summed E-state index contributed by atoms with van der Waals surface area (Å²) in [6.45, 7) is 0.634. The first kappa shape index (κ1) is 16.6. The fourth-order valence-electron chi connectivity index (χ4n) is 2.37. The van der Waals surface area contributed by atoms with Crippen LogP contribution in [0.2, 0.25) is 5.02 Å². The number of phenolic OH excluding ortho intramolecular Hbond substituents is 1. The van der Waals surface area contributed by atoms with Gasteiger partial charge in [-0.05, 0) is 31.1 Å². The highest BCUT2D eigenvalue weighted by molar-refractivity contribution is 7.71. The Morgan fingerprint density at radius 1 is 1.62 bits per heavy atom. The van der Waals surface area contributed by atoms with E-state index < -0.39 is 16.4 Å². The fourth-order valence-corrected chi connectivity index (χ4v) is 2.78. The van der Waals surface area contributed by atoms with Crippen molar-refractivity contribution in [3.05, 3.63) is 43.4 Å². The van der Waals surface area contributed by atoms with Crippen LogP contribution in [-0.2, 0) is 4.74 Å². The van der Waals surface area contributed by atoms with Crippen LogP contribution in [0.5, 0.6) is 5.75 Å². The Hall–Kier alpha value is -2.30. The van der Waals surface area contributed by atoms with Gasteiger partial charge in [-0.3, -0.25) is 15.2 Å². The quantitative estimate of drug-likeness (QED) is 0.370. The van der Waals surface area contributed by atoms with Gasteiger partial charge in [0.2, 0.25) is 10.5 Å². The van der Waals surface area contributed by atoms with Crippen LogP contribution in [0.3, 0.4) is 0 Å². The number of benzene rings is 1. The highest BCUT2D eigenvalue weighted by Crippen LogP contribution is 2.32. The largest absolute Gasteiger partial charge is 0.502 e. The van der Waals surface area contributed by atoms with Gasteiger partial charge >= 0.3 is 5.69 Å². The SMILES string of the molecule is O=[N+]([O-])c1cc(Cl)cc(/C=N\n2c([C@H]3CCCO3)n[nH]c2=S)c1O. The molecule has 1 saturated heterocycles. The van der Waals surface area contributed by atoms with Gasteiger partial charge in [-0.25, -0.2) is 0 Å². The van der Waals surface area contributed by atoms with E-state index in [1.54, 1.807) is 0 Å². The van der Waals surface area contributed by atoms with E-state index in [1.807, 2.05) is 0 Å². The number of hydrogen-bond acceptors (Lipinski definition) is 7. The average Bonchev–Trinajstić information content (AvgIpc) is 3.17. The molecule has 2 aromatic rings. The zero-order valence-electron chi connectivity index (χ0n) is 12.2. The molecule has 24 heavy (non-hydrogen) atoms. The molecule has 0 aliphatic carbocycles. The second kappa shape index (κ2) is 6.67. The van der Waals surface area contributed by atoms with Gasteiger partial charge in [0, 0.05) is 23.3 Å². The van der Waals surface area contributed by atoms with Gasteiger partial charge in [-0.1, -0.05) is 11.6 Å². The molecule has 11 heteroatoms. The standard InChI is InChI=1S/C13H12ClN5O4S/c14-8-4-7(11(20)9(5-8)19(21)22)6-15-18-12(16-17-13(18)24)10-2-1-3-23-10/h4-6,10,20H,1-3H2,(H,17,24)/b15-6-/t10-/m1/s1. The van der Waals surface area contributed by atoms with Crippen molar-refractivity contribution in [2.24, 2.45) is 5.10 Å². The molecule has 9 nitrogen and oxygen atoms in total. The van der Waals surface area contributed by atoms with Crippen molar-refractivity contribution in [2.75, 3.05) is 6.61 Å². The number of nitrogens with zero attached hydrogens (tertiary/aromatic N) is 4. The maximum atomic E-state index is 10.9. The van der Waals surface area contributed by atoms with Crippen LogP contribution >= 0.6 is 23.8 Å². The summed E-state index contributed by atoms with van der Waals surface area (Å²) in [6, 6.07) is 2.43. The number of aromatic nitrogens is 3. The van der Waals surface area contributed by atoms with E-state index in [2.05, 4.69) is 15.3 Å². The van der Waals surface area contributed by atoms with Crippen molar-refractivity contribution in [2.45, 2.75) is 18.9 Å². The van der Waals surface area contributed by atoms with E-state index in [1.165, 1.54) is 17.0 Å². The lowest BCUT2D eigenvalue weighted by molar-refractivity contribution is -0.385. The van der Waals surface area contributed by atoms with E-state index in [9.17, 15) is 15.2 Å². The number of halogens is 1. The molecule has 1 aliphatic rings. The molecule has 2 N–H and O–H groups in total. The Bertz CT molecular complexity index is 872. The van der Waals surface area contributed by atoms with E-state index >= 15 is 0 Å². The lowest BCUT2D eigenvalue weighted by Crippen LogP contribution is -2.05. The van der Waals surface area contributed by atoms with E-state index in [0.717, 1.165) is 18.9 Å². The summed E-state index contributed by atoms with van der Waals surface area (Å²) in [6.07, 6.45) is 2.72. The molecule has 1 aliphatic heterocycles. The lowest BCUT2D eigenvalue weighted by Gasteiger charge is -2.07. The number of aromatic hydroxyl groups is 1. The minimum Gasteiger partial charge on any atom is -0.502 e. The van der Waals surface area contributed by atoms with Gasteiger partial charge in [-0.2, -0.15) is 14.9 Å². The minimum absolute atomic E-state index is 0.0931. The normalized spacial score (nSPS) is 17.6. The third-order valence-corrected chi connectivity index (χ3v) is 3.97. The molecule has 1 fully saturated rings. The summed E-state index contributed by atoms with van der Waals surface area (Å²) in [5.41, 5.74) is -0.408. The zero-order chi connectivity index (χ0) is 17.3. The molecule has 0 radical (unpaired) electrons.